The summed E-state index contributed by atoms with van der Waals surface area (Å²) in [6.07, 6.45) is 10.5. The van der Waals surface area contributed by atoms with Gasteiger partial charge in [0.2, 0.25) is 0 Å². The zero-order chi connectivity index (χ0) is 21.6. The summed E-state index contributed by atoms with van der Waals surface area (Å²) in [6, 6.07) is 14.2. The molecule has 0 aromatic heterocycles. The molecule has 2 rings (SSSR count). The van der Waals surface area contributed by atoms with Gasteiger partial charge in [-0.05, 0) is 61.2 Å². The van der Waals surface area contributed by atoms with Crippen LogP contribution in [0.4, 0.5) is 0 Å². The van der Waals surface area contributed by atoms with Crippen molar-refractivity contribution in [2.24, 2.45) is 0 Å². The van der Waals surface area contributed by atoms with Crippen LogP contribution < -0.4 is 9.47 Å². The molecular weight excluding hydrogens is 376 g/mol. The molecule has 0 aliphatic carbocycles. The number of unbranched alkanes of at least 4 members (excludes halogenated alkanes) is 6. The molecule has 0 bridgehead atoms. The van der Waals surface area contributed by atoms with Gasteiger partial charge in [0, 0.05) is 6.42 Å². The van der Waals surface area contributed by atoms with Crippen molar-refractivity contribution in [3.8, 4) is 11.5 Å². The number of rotatable bonds is 13. The van der Waals surface area contributed by atoms with Crippen molar-refractivity contribution < 1.29 is 19.1 Å². The number of esters is 2. The Balaban J connectivity index is 1.78. The average molecular weight is 411 g/mol. The zero-order valence-electron chi connectivity index (χ0n) is 18.3. The van der Waals surface area contributed by atoms with E-state index in [1.807, 2.05) is 24.3 Å². The molecule has 0 heterocycles. The summed E-state index contributed by atoms with van der Waals surface area (Å²) in [5, 5.41) is 0. The van der Waals surface area contributed by atoms with E-state index in [-0.39, 0.29) is 5.97 Å². The van der Waals surface area contributed by atoms with Crippen LogP contribution in [0.2, 0.25) is 0 Å². The predicted molar refractivity (Wildman–Crippen MR) is 120 cm³/mol. The highest BCUT2D eigenvalue weighted by atomic mass is 16.5. The van der Waals surface area contributed by atoms with Gasteiger partial charge in [0.15, 0.2) is 0 Å². The summed E-state index contributed by atoms with van der Waals surface area (Å²) >= 11 is 0. The lowest BCUT2D eigenvalue weighted by molar-refractivity contribution is -0.134. The van der Waals surface area contributed by atoms with Crippen molar-refractivity contribution in [1.29, 1.82) is 0 Å². The molecule has 0 radical (unpaired) electrons. The minimum absolute atomic E-state index is 0.235. The van der Waals surface area contributed by atoms with E-state index in [0.29, 0.717) is 23.5 Å². The Morgan fingerprint density at radius 1 is 0.667 bits per heavy atom. The molecular formula is C26H34O4. The van der Waals surface area contributed by atoms with Crippen LogP contribution in [0.15, 0.2) is 48.5 Å². The summed E-state index contributed by atoms with van der Waals surface area (Å²) in [6.45, 7) is 4.35. The van der Waals surface area contributed by atoms with Crippen molar-refractivity contribution in [1.82, 2.24) is 0 Å². The van der Waals surface area contributed by atoms with Crippen LogP contribution in [-0.4, -0.2) is 11.9 Å². The lowest BCUT2D eigenvalue weighted by Gasteiger charge is -2.07. The third-order valence-corrected chi connectivity index (χ3v) is 5.01. The molecule has 162 valence electrons. The summed E-state index contributed by atoms with van der Waals surface area (Å²) in [5.74, 6) is 0.308. The van der Waals surface area contributed by atoms with E-state index in [9.17, 15) is 9.59 Å². The molecule has 0 spiro atoms. The van der Waals surface area contributed by atoms with E-state index >= 15 is 0 Å². The third-order valence-electron chi connectivity index (χ3n) is 5.01. The third kappa shape index (κ3) is 8.81. The van der Waals surface area contributed by atoms with Crippen molar-refractivity contribution in [3.05, 3.63) is 59.7 Å². The van der Waals surface area contributed by atoms with E-state index < -0.39 is 5.97 Å². The number of ether oxygens (including phenoxy) is 2. The minimum Gasteiger partial charge on any atom is -0.427 e. The Morgan fingerprint density at radius 2 is 1.23 bits per heavy atom. The van der Waals surface area contributed by atoms with Gasteiger partial charge in [-0.15, -0.1) is 0 Å². The largest absolute Gasteiger partial charge is 0.427 e. The Hall–Kier alpha value is -2.62. The van der Waals surface area contributed by atoms with Crippen LogP contribution in [0.3, 0.4) is 0 Å². The first-order chi connectivity index (χ1) is 14.6. The smallest absolute Gasteiger partial charge is 0.343 e. The van der Waals surface area contributed by atoms with Gasteiger partial charge < -0.3 is 9.47 Å². The number of hydrogen-bond acceptors (Lipinski definition) is 4. The lowest BCUT2D eigenvalue weighted by Crippen LogP contribution is -2.10. The van der Waals surface area contributed by atoms with E-state index in [1.165, 1.54) is 37.7 Å². The molecule has 0 aliphatic heterocycles. The zero-order valence-corrected chi connectivity index (χ0v) is 18.3. The Morgan fingerprint density at radius 3 is 1.90 bits per heavy atom. The van der Waals surface area contributed by atoms with Gasteiger partial charge in [-0.3, -0.25) is 4.79 Å². The molecule has 0 saturated heterocycles. The summed E-state index contributed by atoms with van der Waals surface area (Å²) < 4.78 is 10.8. The van der Waals surface area contributed by atoms with Gasteiger partial charge >= 0.3 is 11.9 Å². The van der Waals surface area contributed by atoms with Gasteiger partial charge in [0.25, 0.3) is 0 Å². The number of carbonyl (C=O) groups excluding carboxylic acids is 2. The van der Waals surface area contributed by atoms with E-state index in [4.69, 9.17) is 9.47 Å². The molecule has 30 heavy (non-hydrogen) atoms. The van der Waals surface area contributed by atoms with Crippen molar-refractivity contribution >= 4 is 11.9 Å². The standard InChI is InChI=1S/C26H34O4/c1-3-5-7-8-10-12-25(27)29-23-19-15-22(16-20-23)26(28)30-24-17-13-21(14-18-24)11-9-6-4-2/h13-20H,3-12H2,1-2H3. The fraction of sp³-hybridized carbons (Fsp3) is 0.462. The van der Waals surface area contributed by atoms with Crippen LogP contribution in [0.5, 0.6) is 11.5 Å². The van der Waals surface area contributed by atoms with Crippen molar-refractivity contribution in [2.75, 3.05) is 0 Å². The van der Waals surface area contributed by atoms with E-state index in [1.54, 1.807) is 24.3 Å². The molecule has 0 atom stereocenters. The predicted octanol–water partition coefficient (Wildman–Crippen LogP) is 6.90. The number of carbonyl (C=O) groups is 2. The highest BCUT2D eigenvalue weighted by Crippen LogP contribution is 2.18. The number of aryl methyl sites for hydroxylation is 1. The first-order valence-corrected chi connectivity index (χ1v) is 11.2. The molecule has 0 fully saturated rings. The summed E-state index contributed by atoms with van der Waals surface area (Å²) in [7, 11) is 0. The second-order valence-corrected chi connectivity index (χ2v) is 7.65. The first kappa shape index (κ1) is 23.7. The van der Waals surface area contributed by atoms with Crippen molar-refractivity contribution in [2.45, 2.75) is 78.1 Å². The maximum absolute atomic E-state index is 12.3. The van der Waals surface area contributed by atoms with Crippen LogP contribution in [0.1, 0.15) is 87.6 Å². The Labute approximate surface area is 180 Å². The highest BCUT2D eigenvalue weighted by Gasteiger charge is 2.10. The molecule has 0 aliphatic rings. The SMILES string of the molecule is CCCCCCCC(=O)Oc1ccc(C(=O)Oc2ccc(CCCCC)cc2)cc1. The second-order valence-electron chi connectivity index (χ2n) is 7.65. The molecule has 4 nitrogen and oxygen atoms in total. The first-order valence-electron chi connectivity index (χ1n) is 11.2. The fourth-order valence-corrected chi connectivity index (χ4v) is 3.18. The van der Waals surface area contributed by atoms with Gasteiger partial charge in [-0.1, -0.05) is 64.5 Å². The Bertz CT molecular complexity index is 763. The highest BCUT2D eigenvalue weighted by molar-refractivity contribution is 5.91. The monoisotopic (exact) mass is 410 g/mol. The molecule has 2 aromatic carbocycles. The second kappa shape index (κ2) is 13.6. The lowest BCUT2D eigenvalue weighted by atomic mass is 10.1. The minimum atomic E-state index is -0.428. The van der Waals surface area contributed by atoms with Gasteiger partial charge in [0.1, 0.15) is 11.5 Å². The molecule has 0 saturated carbocycles. The Kier molecular flexibility index (Phi) is 10.7. The maximum Gasteiger partial charge on any atom is 0.343 e. The molecule has 4 heteroatoms. The van der Waals surface area contributed by atoms with Crippen LogP contribution >= 0.6 is 0 Å². The van der Waals surface area contributed by atoms with Crippen LogP contribution in [0.25, 0.3) is 0 Å². The van der Waals surface area contributed by atoms with Crippen LogP contribution in [-0.2, 0) is 11.2 Å². The molecule has 0 unspecified atom stereocenters. The normalized spacial score (nSPS) is 10.6. The molecule has 0 N–H and O–H groups in total. The summed E-state index contributed by atoms with van der Waals surface area (Å²) in [4.78, 5) is 24.2. The van der Waals surface area contributed by atoms with Gasteiger partial charge in [-0.25, -0.2) is 4.79 Å². The fourth-order valence-electron chi connectivity index (χ4n) is 3.18. The summed E-state index contributed by atoms with van der Waals surface area (Å²) in [5.41, 5.74) is 1.67. The van der Waals surface area contributed by atoms with Gasteiger partial charge in [0.05, 0.1) is 5.56 Å². The maximum atomic E-state index is 12.3. The van der Waals surface area contributed by atoms with Crippen molar-refractivity contribution in [3.63, 3.8) is 0 Å². The number of hydrogen-bond donors (Lipinski definition) is 0. The average Bonchev–Trinajstić information content (AvgIpc) is 2.75. The molecule has 2 aromatic rings. The van der Waals surface area contributed by atoms with Gasteiger partial charge in [-0.2, -0.15) is 0 Å². The quantitative estimate of drug-likeness (QED) is 0.205. The van der Waals surface area contributed by atoms with E-state index in [0.717, 1.165) is 25.7 Å². The van der Waals surface area contributed by atoms with Crippen LogP contribution in [0, 0.1) is 0 Å². The topological polar surface area (TPSA) is 52.6 Å². The molecule has 0 amide bonds. The van der Waals surface area contributed by atoms with E-state index in [2.05, 4.69) is 13.8 Å². The number of benzene rings is 2.